The highest BCUT2D eigenvalue weighted by Crippen LogP contribution is 2.34. The van der Waals surface area contributed by atoms with Crippen LogP contribution in [0.15, 0.2) is 206 Å². The molecule has 0 radical (unpaired) electrons. The van der Waals surface area contributed by atoms with Crippen LogP contribution in [0.1, 0.15) is 27.8 Å². The van der Waals surface area contributed by atoms with Gasteiger partial charge in [-0.3, -0.25) is 0 Å². The van der Waals surface area contributed by atoms with E-state index in [1.807, 2.05) is 0 Å². The van der Waals surface area contributed by atoms with Gasteiger partial charge in [-0.1, -0.05) is 182 Å². The van der Waals surface area contributed by atoms with Gasteiger partial charge in [0.1, 0.15) is 0 Å². The third-order valence-corrected chi connectivity index (χ3v) is 8.35. The fraction of sp³-hybridized carbons (Fsp3) is 0. The molecule has 0 atom stereocenters. The van der Waals surface area contributed by atoms with Crippen molar-refractivity contribution in [2.75, 3.05) is 4.90 Å². The molecule has 0 fully saturated rings. The van der Waals surface area contributed by atoms with Crippen LogP contribution in [0.2, 0.25) is 0 Å². The largest absolute Gasteiger partial charge is 0.317 e. The third-order valence-electron chi connectivity index (χ3n) is 8.35. The van der Waals surface area contributed by atoms with Crippen LogP contribution >= 0.6 is 0 Å². The van der Waals surface area contributed by atoms with Crippen molar-refractivity contribution in [1.29, 1.82) is 0 Å². The summed E-state index contributed by atoms with van der Waals surface area (Å²) in [6.07, 6.45) is 8.80. The average molecular weight is 602 g/mol. The van der Waals surface area contributed by atoms with Crippen molar-refractivity contribution in [3.8, 4) is 0 Å². The molecule has 0 heterocycles. The predicted octanol–water partition coefficient (Wildman–Crippen LogP) is 12.2. The number of hydrogen-bond donors (Lipinski definition) is 0. The molecule has 7 rings (SSSR count). The first-order valence-corrected chi connectivity index (χ1v) is 16.0. The van der Waals surface area contributed by atoms with Crippen molar-refractivity contribution in [2.24, 2.45) is 0 Å². The normalized spacial score (nSPS) is 11.4. The van der Waals surface area contributed by atoms with Gasteiger partial charge in [-0.25, -0.2) is 0 Å². The Kier molecular flexibility index (Phi) is 8.97. The molecule has 0 aromatic heterocycles. The van der Waals surface area contributed by atoms with Crippen LogP contribution in [-0.4, -0.2) is 0 Å². The van der Waals surface area contributed by atoms with Crippen molar-refractivity contribution >= 4 is 39.4 Å². The van der Waals surface area contributed by atoms with Crippen molar-refractivity contribution < 1.29 is 0 Å². The second-order valence-electron chi connectivity index (χ2n) is 11.4. The zero-order valence-electron chi connectivity index (χ0n) is 26.2. The molecule has 47 heavy (non-hydrogen) atoms. The van der Waals surface area contributed by atoms with Gasteiger partial charge in [-0.2, -0.15) is 0 Å². The zero-order chi connectivity index (χ0) is 31.7. The lowest BCUT2D eigenvalue weighted by molar-refractivity contribution is 1.28. The van der Waals surface area contributed by atoms with Crippen molar-refractivity contribution in [2.45, 2.75) is 0 Å². The number of fused-ring (bicyclic) bond motifs is 1. The molecule has 1 heteroatoms. The van der Waals surface area contributed by atoms with Crippen molar-refractivity contribution in [1.82, 2.24) is 0 Å². The quantitative estimate of drug-likeness (QED) is 0.149. The molecule has 0 amide bonds. The lowest BCUT2D eigenvalue weighted by Gasteiger charge is -2.24. The number of rotatable bonds is 9. The van der Waals surface area contributed by atoms with Crippen LogP contribution < -0.4 is 4.90 Å². The minimum absolute atomic E-state index is 1.09. The summed E-state index contributed by atoms with van der Waals surface area (Å²) in [5, 5.41) is 2.46. The second-order valence-corrected chi connectivity index (χ2v) is 11.4. The first-order valence-electron chi connectivity index (χ1n) is 16.0. The Morgan fingerprint density at radius 3 is 1.51 bits per heavy atom. The summed E-state index contributed by atoms with van der Waals surface area (Å²) in [6, 6.07) is 66.3. The maximum absolute atomic E-state index is 2.29. The van der Waals surface area contributed by atoms with Crippen LogP contribution in [0.3, 0.4) is 0 Å². The van der Waals surface area contributed by atoms with Gasteiger partial charge in [0.25, 0.3) is 0 Å². The topological polar surface area (TPSA) is 3.24 Å². The smallest absolute Gasteiger partial charge is 0.0456 e. The second kappa shape index (κ2) is 14.3. The lowest BCUT2D eigenvalue weighted by atomic mass is 9.93. The molecule has 1 nitrogen and oxygen atoms in total. The van der Waals surface area contributed by atoms with Gasteiger partial charge < -0.3 is 4.90 Å². The first kappa shape index (κ1) is 29.5. The summed E-state index contributed by atoms with van der Waals surface area (Å²) in [6.45, 7) is 0. The monoisotopic (exact) mass is 601 g/mol. The number of hydrogen-bond acceptors (Lipinski definition) is 1. The number of nitrogens with zero attached hydrogens (tertiary/aromatic N) is 1. The van der Waals surface area contributed by atoms with Crippen LogP contribution in [0.25, 0.3) is 28.0 Å². The summed E-state index contributed by atoms with van der Waals surface area (Å²) < 4.78 is 0. The van der Waals surface area contributed by atoms with Gasteiger partial charge in [0.05, 0.1) is 0 Å². The highest BCUT2D eigenvalue weighted by Gasteiger charge is 2.14. The van der Waals surface area contributed by atoms with Gasteiger partial charge in [0.2, 0.25) is 0 Å². The highest BCUT2D eigenvalue weighted by molar-refractivity contribution is 5.98. The molecule has 7 aromatic rings. The lowest BCUT2D eigenvalue weighted by Crippen LogP contribution is -2.10. The first-order chi connectivity index (χ1) is 23.3. The molecular formula is C46H35N. The Morgan fingerprint density at radius 1 is 0.404 bits per heavy atom. The summed E-state index contributed by atoms with van der Waals surface area (Å²) >= 11 is 0. The van der Waals surface area contributed by atoms with E-state index in [1.165, 1.54) is 38.6 Å². The van der Waals surface area contributed by atoms with Gasteiger partial charge in [0, 0.05) is 23.1 Å². The SMILES string of the molecule is C(=Cc1ccc(N(/C=C(/c2ccccc2)c2cccc3ccccc23)c2ccccc2)cc1)C=C(c1ccccc1)c1ccccc1. The molecule has 0 aliphatic heterocycles. The van der Waals surface area contributed by atoms with Gasteiger partial charge >= 0.3 is 0 Å². The molecule has 7 aromatic carbocycles. The molecule has 0 spiro atoms. The van der Waals surface area contributed by atoms with Crippen LogP contribution in [0.5, 0.6) is 0 Å². The summed E-state index contributed by atoms with van der Waals surface area (Å²) in [5.74, 6) is 0. The van der Waals surface area contributed by atoms with E-state index >= 15 is 0 Å². The molecular weight excluding hydrogens is 567 g/mol. The Labute approximate surface area is 277 Å². The van der Waals surface area contributed by atoms with E-state index in [-0.39, 0.29) is 0 Å². The van der Waals surface area contributed by atoms with E-state index < -0.39 is 0 Å². The van der Waals surface area contributed by atoms with Gasteiger partial charge in [-0.15, -0.1) is 0 Å². The van der Waals surface area contributed by atoms with Crippen LogP contribution in [0, 0.1) is 0 Å². The number of anilines is 2. The Hall–Kier alpha value is -6.18. The Morgan fingerprint density at radius 2 is 0.894 bits per heavy atom. The molecule has 224 valence electrons. The number of allylic oxidation sites excluding steroid dienone is 2. The van der Waals surface area contributed by atoms with E-state index in [0.717, 1.165) is 22.5 Å². The van der Waals surface area contributed by atoms with E-state index in [0.29, 0.717) is 0 Å². The number of benzene rings is 7. The highest BCUT2D eigenvalue weighted by atomic mass is 15.1. The fourth-order valence-corrected chi connectivity index (χ4v) is 5.99. The van der Waals surface area contributed by atoms with Gasteiger partial charge in [0.15, 0.2) is 0 Å². The standard InChI is InChI=1S/C46H35N/c1-5-18-37(19-6-1)43(38-20-7-2-8-21-38)29-15-17-36-31-33-42(34-32-36)47(41-26-11-4-12-27-41)35-46(40-22-9-3-10-23-40)45-30-16-25-39-24-13-14-28-44(39)45/h1-35H/b17-15?,46-35-. The molecule has 0 saturated heterocycles. The minimum atomic E-state index is 1.09. The molecule has 0 saturated carbocycles. The summed E-state index contributed by atoms with van der Waals surface area (Å²) in [4.78, 5) is 2.29. The van der Waals surface area contributed by atoms with Crippen LogP contribution in [-0.2, 0) is 0 Å². The minimum Gasteiger partial charge on any atom is -0.317 e. The molecule has 0 N–H and O–H groups in total. The maximum Gasteiger partial charge on any atom is 0.0456 e. The molecule has 0 unspecified atom stereocenters. The zero-order valence-corrected chi connectivity index (χ0v) is 26.2. The van der Waals surface area contributed by atoms with E-state index in [4.69, 9.17) is 0 Å². The average Bonchev–Trinajstić information content (AvgIpc) is 3.15. The van der Waals surface area contributed by atoms with Crippen molar-refractivity contribution in [3.05, 3.63) is 234 Å². The molecule has 0 aliphatic rings. The molecule has 0 bridgehead atoms. The van der Waals surface area contributed by atoms with E-state index in [2.05, 4.69) is 217 Å². The Balaban J connectivity index is 1.27. The predicted molar refractivity (Wildman–Crippen MR) is 201 cm³/mol. The van der Waals surface area contributed by atoms with E-state index in [9.17, 15) is 0 Å². The third kappa shape index (κ3) is 6.91. The summed E-state index contributed by atoms with van der Waals surface area (Å²) in [5.41, 5.74) is 10.5. The summed E-state index contributed by atoms with van der Waals surface area (Å²) in [7, 11) is 0. The maximum atomic E-state index is 2.29. The number of para-hydroxylation sites is 1. The Bertz CT molecular complexity index is 2100. The molecule has 0 aliphatic carbocycles. The van der Waals surface area contributed by atoms with Gasteiger partial charge in [-0.05, 0) is 68.4 Å². The van der Waals surface area contributed by atoms with E-state index in [1.54, 1.807) is 0 Å². The fourth-order valence-electron chi connectivity index (χ4n) is 5.99. The van der Waals surface area contributed by atoms with Crippen molar-refractivity contribution in [3.63, 3.8) is 0 Å². The van der Waals surface area contributed by atoms with Crippen LogP contribution in [0.4, 0.5) is 11.4 Å².